The lowest BCUT2D eigenvalue weighted by Gasteiger charge is -2.41. The van der Waals surface area contributed by atoms with Gasteiger partial charge >= 0.3 is 0 Å². The van der Waals surface area contributed by atoms with E-state index in [9.17, 15) is 0 Å². The van der Waals surface area contributed by atoms with Crippen molar-refractivity contribution in [1.29, 1.82) is 5.26 Å². The second kappa shape index (κ2) is 4.50. The molecule has 3 atom stereocenters. The molecule has 0 saturated heterocycles. The molecule has 2 heteroatoms. The summed E-state index contributed by atoms with van der Waals surface area (Å²) in [6.45, 7) is 9.78. The Morgan fingerprint density at radius 2 is 2.12 bits per heavy atom. The number of thiocyanates is 1. The van der Waals surface area contributed by atoms with E-state index in [1.807, 2.05) is 0 Å². The number of thioether (sulfide) groups is 1. The van der Waals surface area contributed by atoms with Gasteiger partial charge in [0.05, 0.1) is 0 Å². The van der Waals surface area contributed by atoms with E-state index in [1.165, 1.54) is 31.0 Å². The molecule has 1 radical (unpaired) electrons. The van der Waals surface area contributed by atoms with Gasteiger partial charge in [-0.05, 0) is 66.0 Å². The van der Waals surface area contributed by atoms with E-state index in [-0.39, 0.29) is 0 Å². The Hall–Kier alpha value is -0.160. The third kappa shape index (κ3) is 1.91. The molecule has 0 N–H and O–H groups in total. The van der Waals surface area contributed by atoms with Gasteiger partial charge in [0.2, 0.25) is 0 Å². The summed E-state index contributed by atoms with van der Waals surface area (Å²) in [5.74, 6) is 4.34. The molecule has 0 amide bonds. The topological polar surface area (TPSA) is 23.8 Å². The van der Waals surface area contributed by atoms with E-state index in [1.54, 1.807) is 5.92 Å². The Kier molecular flexibility index (Phi) is 3.51. The molecule has 95 valence electrons. The van der Waals surface area contributed by atoms with Crippen LogP contribution in [0.25, 0.3) is 0 Å². The summed E-state index contributed by atoms with van der Waals surface area (Å²) in [4.78, 5) is 0. The first-order valence-corrected chi connectivity index (χ1v) is 7.75. The molecule has 0 aromatic heterocycles. The quantitative estimate of drug-likeness (QED) is 0.536. The molecule has 2 rings (SSSR count). The van der Waals surface area contributed by atoms with Crippen molar-refractivity contribution in [2.24, 2.45) is 22.7 Å². The van der Waals surface area contributed by atoms with Crippen LogP contribution in [0.1, 0.15) is 53.4 Å². The van der Waals surface area contributed by atoms with Gasteiger partial charge in [-0.2, -0.15) is 5.26 Å². The molecule has 0 heterocycles. The average molecular weight is 250 g/mol. The van der Waals surface area contributed by atoms with Gasteiger partial charge in [0, 0.05) is 5.75 Å². The maximum Gasteiger partial charge on any atom is 0.133 e. The minimum atomic E-state index is 0.513. The minimum Gasteiger partial charge on any atom is -0.185 e. The average Bonchev–Trinajstić information content (AvgIpc) is 2.61. The first kappa shape index (κ1) is 13.3. The van der Waals surface area contributed by atoms with Crippen molar-refractivity contribution in [1.82, 2.24) is 0 Å². The Morgan fingerprint density at radius 3 is 2.59 bits per heavy atom. The number of hydrogen-bond acceptors (Lipinski definition) is 2. The lowest BCUT2D eigenvalue weighted by atomic mass is 9.63. The first-order valence-electron chi connectivity index (χ1n) is 6.76. The van der Waals surface area contributed by atoms with Gasteiger partial charge in [-0.1, -0.05) is 27.7 Å². The maximum atomic E-state index is 8.59. The van der Waals surface area contributed by atoms with Crippen molar-refractivity contribution in [2.45, 2.75) is 53.4 Å². The summed E-state index contributed by atoms with van der Waals surface area (Å²) in [7, 11) is 0. The predicted octanol–water partition coefficient (Wildman–Crippen LogP) is 4.65. The molecular formula is C15H24NS. The molecular weight excluding hydrogens is 226 g/mol. The van der Waals surface area contributed by atoms with Crippen LogP contribution in [0.4, 0.5) is 0 Å². The summed E-state index contributed by atoms with van der Waals surface area (Å²) in [5.41, 5.74) is 1.03. The second-order valence-electron chi connectivity index (χ2n) is 6.70. The molecule has 1 nitrogen and oxygen atoms in total. The fourth-order valence-corrected chi connectivity index (χ4v) is 4.90. The molecule has 2 aliphatic rings. The largest absolute Gasteiger partial charge is 0.185 e. The van der Waals surface area contributed by atoms with E-state index in [4.69, 9.17) is 5.26 Å². The summed E-state index contributed by atoms with van der Waals surface area (Å²) in [6.07, 6.45) is 5.35. The van der Waals surface area contributed by atoms with E-state index < -0.39 is 0 Å². The zero-order valence-electron chi connectivity index (χ0n) is 11.5. The van der Waals surface area contributed by atoms with Crippen molar-refractivity contribution >= 4 is 11.8 Å². The summed E-state index contributed by atoms with van der Waals surface area (Å²) < 4.78 is 0. The smallest absolute Gasteiger partial charge is 0.133 e. The predicted molar refractivity (Wildman–Crippen MR) is 74.3 cm³/mol. The molecule has 0 spiro atoms. The van der Waals surface area contributed by atoms with Gasteiger partial charge in [0.1, 0.15) is 5.40 Å². The summed E-state index contributed by atoms with van der Waals surface area (Å²) in [5, 5.41) is 10.8. The molecule has 3 unspecified atom stereocenters. The summed E-state index contributed by atoms with van der Waals surface area (Å²) >= 11 is 1.40. The molecule has 17 heavy (non-hydrogen) atoms. The molecule has 0 aliphatic heterocycles. The third-order valence-electron chi connectivity index (χ3n) is 6.05. The highest BCUT2D eigenvalue weighted by Gasteiger charge is 2.61. The zero-order chi connectivity index (χ0) is 12.7. The van der Waals surface area contributed by atoms with Crippen LogP contribution in [-0.2, 0) is 0 Å². The van der Waals surface area contributed by atoms with Crippen LogP contribution in [0, 0.1) is 39.2 Å². The number of fused-ring (bicyclic) bond motifs is 2. The molecule has 2 aliphatic carbocycles. The van der Waals surface area contributed by atoms with Gasteiger partial charge in [0.15, 0.2) is 0 Å². The lowest BCUT2D eigenvalue weighted by molar-refractivity contribution is 0.108. The van der Waals surface area contributed by atoms with E-state index in [2.05, 4.69) is 33.1 Å². The van der Waals surface area contributed by atoms with Crippen molar-refractivity contribution in [2.75, 3.05) is 5.75 Å². The van der Waals surface area contributed by atoms with Crippen molar-refractivity contribution in [3.63, 3.8) is 0 Å². The summed E-state index contributed by atoms with van der Waals surface area (Å²) in [6, 6.07) is 0. The van der Waals surface area contributed by atoms with Crippen LogP contribution in [0.3, 0.4) is 0 Å². The first-order chi connectivity index (χ1) is 7.93. The molecule has 2 bridgehead atoms. The fraction of sp³-hybridized carbons (Fsp3) is 0.867. The zero-order valence-corrected chi connectivity index (χ0v) is 12.4. The van der Waals surface area contributed by atoms with Crippen LogP contribution in [0.2, 0.25) is 0 Å². The Labute approximate surface area is 110 Å². The normalized spacial score (nSPS) is 38.6. The third-order valence-corrected chi connectivity index (χ3v) is 6.59. The highest BCUT2D eigenvalue weighted by atomic mass is 32.2. The van der Waals surface area contributed by atoms with Crippen LogP contribution in [0.15, 0.2) is 0 Å². The Balaban J connectivity index is 2.02. The van der Waals surface area contributed by atoms with Crippen LogP contribution in [0.5, 0.6) is 0 Å². The van der Waals surface area contributed by atoms with E-state index >= 15 is 0 Å². The van der Waals surface area contributed by atoms with Gasteiger partial charge in [0.25, 0.3) is 0 Å². The Bertz CT molecular complexity index is 330. The highest BCUT2D eigenvalue weighted by molar-refractivity contribution is 8.03. The van der Waals surface area contributed by atoms with Gasteiger partial charge < -0.3 is 0 Å². The SMILES string of the molecule is C[C](CCSC#N)C1CC2CCC1(C)C2(C)C. The highest BCUT2D eigenvalue weighted by Crippen LogP contribution is 2.70. The van der Waals surface area contributed by atoms with Gasteiger partial charge in [-0.3, -0.25) is 0 Å². The number of hydrogen-bond donors (Lipinski definition) is 0. The lowest BCUT2D eigenvalue weighted by Crippen LogP contribution is -2.34. The molecule has 0 aromatic carbocycles. The van der Waals surface area contributed by atoms with Crippen molar-refractivity contribution in [3.05, 3.63) is 5.92 Å². The van der Waals surface area contributed by atoms with Gasteiger partial charge in [-0.15, -0.1) is 0 Å². The second-order valence-corrected chi connectivity index (χ2v) is 7.58. The van der Waals surface area contributed by atoms with Crippen molar-refractivity contribution in [3.8, 4) is 5.40 Å². The Morgan fingerprint density at radius 1 is 1.41 bits per heavy atom. The number of rotatable bonds is 4. The van der Waals surface area contributed by atoms with Gasteiger partial charge in [-0.25, -0.2) is 0 Å². The van der Waals surface area contributed by atoms with E-state index in [0.717, 1.165) is 24.0 Å². The maximum absolute atomic E-state index is 8.59. The molecule has 2 fully saturated rings. The van der Waals surface area contributed by atoms with Crippen molar-refractivity contribution < 1.29 is 0 Å². The standard InChI is InChI=1S/C15H24NS/c1-11(6-8-17-10-16)13-9-12-5-7-15(13,4)14(12,2)3/h12-13H,5-9H2,1-4H3. The van der Waals surface area contributed by atoms with Crippen LogP contribution >= 0.6 is 11.8 Å². The number of nitrogens with zero attached hydrogens (tertiary/aromatic N) is 1. The molecule has 2 saturated carbocycles. The minimum absolute atomic E-state index is 0.513. The van der Waals surface area contributed by atoms with E-state index in [0.29, 0.717) is 10.8 Å². The van der Waals surface area contributed by atoms with Crippen LogP contribution < -0.4 is 0 Å². The fourth-order valence-electron chi connectivity index (χ4n) is 4.38. The number of nitriles is 1. The molecule has 0 aromatic rings. The van der Waals surface area contributed by atoms with Crippen LogP contribution in [-0.4, -0.2) is 5.75 Å². The monoisotopic (exact) mass is 250 g/mol.